The van der Waals surface area contributed by atoms with E-state index in [4.69, 9.17) is 16.3 Å². The van der Waals surface area contributed by atoms with Crippen molar-refractivity contribution in [2.75, 3.05) is 11.4 Å². The van der Waals surface area contributed by atoms with Crippen LogP contribution in [-0.4, -0.2) is 18.4 Å². The number of esters is 1. The minimum absolute atomic E-state index is 0.0925. The summed E-state index contributed by atoms with van der Waals surface area (Å²) in [5, 5.41) is 0.603. The third-order valence-electron chi connectivity index (χ3n) is 3.63. The molecule has 0 aromatic heterocycles. The van der Waals surface area contributed by atoms with Crippen molar-refractivity contribution in [3.05, 3.63) is 58.0 Å². The summed E-state index contributed by atoms with van der Waals surface area (Å²) in [5.41, 5.74) is 0.735. The Balaban J connectivity index is 1.68. The smallest absolute Gasteiger partial charge is 0.316 e. The molecular formula is C17H13BrClNO3. The van der Waals surface area contributed by atoms with Crippen molar-refractivity contribution in [1.29, 1.82) is 0 Å². The number of hydrogen-bond acceptors (Lipinski definition) is 3. The Labute approximate surface area is 147 Å². The highest BCUT2D eigenvalue weighted by molar-refractivity contribution is 9.10. The molecule has 2 aromatic rings. The molecule has 23 heavy (non-hydrogen) atoms. The molecule has 1 aliphatic heterocycles. The van der Waals surface area contributed by atoms with E-state index in [2.05, 4.69) is 15.9 Å². The van der Waals surface area contributed by atoms with Crippen LogP contribution in [0.3, 0.4) is 0 Å². The monoisotopic (exact) mass is 393 g/mol. The van der Waals surface area contributed by atoms with E-state index in [9.17, 15) is 9.59 Å². The van der Waals surface area contributed by atoms with Crippen molar-refractivity contribution in [2.45, 2.75) is 6.42 Å². The number of anilines is 1. The highest BCUT2D eigenvalue weighted by Gasteiger charge is 2.36. The van der Waals surface area contributed by atoms with Crippen LogP contribution in [0.2, 0.25) is 5.02 Å². The molecule has 0 saturated carbocycles. The lowest BCUT2D eigenvalue weighted by Gasteiger charge is -2.16. The molecule has 4 nitrogen and oxygen atoms in total. The van der Waals surface area contributed by atoms with Crippen LogP contribution in [0.25, 0.3) is 0 Å². The lowest BCUT2D eigenvalue weighted by atomic mass is 10.1. The van der Waals surface area contributed by atoms with Crippen LogP contribution in [-0.2, 0) is 9.59 Å². The quantitative estimate of drug-likeness (QED) is 0.582. The summed E-state index contributed by atoms with van der Waals surface area (Å²) in [7, 11) is 0. The Bertz CT molecular complexity index is 731. The standard InChI is InChI=1S/C17H13BrClNO3/c18-12-1-7-15(8-2-12)23-17(22)11-9-16(21)20(10-11)14-5-3-13(19)4-6-14/h1-8,11H,9-10H2/t11-/m0/s1. The van der Waals surface area contributed by atoms with E-state index in [1.807, 2.05) is 0 Å². The van der Waals surface area contributed by atoms with Crippen molar-refractivity contribution >= 4 is 45.1 Å². The first-order chi connectivity index (χ1) is 11.0. The molecule has 0 aliphatic carbocycles. The van der Waals surface area contributed by atoms with Gasteiger partial charge in [-0.3, -0.25) is 9.59 Å². The predicted molar refractivity (Wildman–Crippen MR) is 91.7 cm³/mol. The third-order valence-corrected chi connectivity index (χ3v) is 4.41. The number of carbonyl (C=O) groups excluding carboxylic acids is 2. The van der Waals surface area contributed by atoms with Gasteiger partial charge in [-0.2, -0.15) is 0 Å². The maximum absolute atomic E-state index is 12.2. The molecular weight excluding hydrogens is 382 g/mol. The predicted octanol–water partition coefficient (Wildman–Crippen LogP) is 4.06. The molecule has 0 bridgehead atoms. The molecule has 0 N–H and O–H groups in total. The van der Waals surface area contributed by atoms with Gasteiger partial charge in [0, 0.05) is 28.1 Å². The van der Waals surface area contributed by atoms with E-state index in [0.717, 1.165) is 10.2 Å². The zero-order chi connectivity index (χ0) is 16.4. The fourth-order valence-electron chi connectivity index (χ4n) is 2.44. The average molecular weight is 395 g/mol. The molecule has 0 spiro atoms. The second kappa shape index (κ2) is 6.72. The van der Waals surface area contributed by atoms with Gasteiger partial charge in [0.25, 0.3) is 0 Å². The zero-order valence-corrected chi connectivity index (χ0v) is 14.4. The van der Waals surface area contributed by atoms with Crippen LogP contribution in [0, 0.1) is 5.92 Å². The number of carbonyl (C=O) groups is 2. The average Bonchev–Trinajstić information content (AvgIpc) is 2.92. The largest absolute Gasteiger partial charge is 0.426 e. The first-order valence-corrected chi connectivity index (χ1v) is 8.23. The molecule has 0 unspecified atom stereocenters. The van der Waals surface area contributed by atoms with E-state index >= 15 is 0 Å². The summed E-state index contributed by atoms with van der Waals surface area (Å²) in [4.78, 5) is 26.0. The number of rotatable bonds is 3. The van der Waals surface area contributed by atoms with Crippen LogP contribution in [0.15, 0.2) is 53.0 Å². The Morgan fingerprint density at radius 1 is 1.13 bits per heavy atom. The summed E-state index contributed by atoms with van der Waals surface area (Å²) < 4.78 is 6.25. The maximum atomic E-state index is 12.2. The van der Waals surface area contributed by atoms with Gasteiger partial charge >= 0.3 is 5.97 Å². The molecule has 1 aliphatic rings. The van der Waals surface area contributed by atoms with Gasteiger partial charge in [0.15, 0.2) is 0 Å². The second-order valence-corrected chi connectivity index (χ2v) is 6.61. The Morgan fingerprint density at radius 3 is 2.43 bits per heavy atom. The van der Waals surface area contributed by atoms with Crippen molar-refractivity contribution in [3.63, 3.8) is 0 Å². The summed E-state index contributed by atoms with van der Waals surface area (Å²) in [6, 6.07) is 14.0. The highest BCUT2D eigenvalue weighted by Crippen LogP contribution is 2.27. The summed E-state index contributed by atoms with van der Waals surface area (Å²) in [6.45, 7) is 0.315. The fourth-order valence-corrected chi connectivity index (χ4v) is 2.83. The Kier molecular flexibility index (Phi) is 4.68. The van der Waals surface area contributed by atoms with E-state index in [-0.39, 0.29) is 12.3 Å². The van der Waals surface area contributed by atoms with Crippen LogP contribution in [0.1, 0.15) is 6.42 Å². The molecule has 118 valence electrons. The molecule has 3 rings (SSSR count). The number of amides is 1. The Hall–Kier alpha value is -1.85. The van der Waals surface area contributed by atoms with Crippen molar-refractivity contribution in [3.8, 4) is 5.75 Å². The van der Waals surface area contributed by atoms with Gasteiger partial charge in [-0.05, 0) is 48.5 Å². The minimum Gasteiger partial charge on any atom is -0.426 e. The number of benzene rings is 2. The Morgan fingerprint density at radius 2 is 1.78 bits per heavy atom. The van der Waals surface area contributed by atoms with Gasteiger partial charge in [-0.1, -0.05) is 27.5 Å². The van der Waals surface area contributed by atoms with Gasteiger partial charge in [-0.15, -0.1) is 0 Å². The maximum Gasteiger partial charge on any atom is 0.316 e. The van der Waals surface area contributed by atoms with Crippen LogP contribution in [0.5, 0.6) is 5.75 Å². The summed E-state index contributed by atoms with van der Waals surface area (Å²) in [5.74, 6) is -0.486. The van der Waals surface area contributed by atoms with E-state index in [1.165, 1.54) is 0 Å². The van der Waals surface area contributed by atoms with Crippen molar-refractivity contribution in [1.82, 2.24) is 0 Å². The first-order valence-electron chi connectivity index (χ1n) is 7.06. The van der Waals surface area contributed by atoms with E-state index < -0.39 is 11.9 Å². The molecule has 1 fully saturated rings. The van der Waals surface area contributed by atoms with Gasteiger partial charge in [0.2, 0.25) is 5.91 Å². The minimum atomic E-state index is -0.471. The molecule has 0 radical (unpaired) electrons. The van der Waals surface area contributed by atoms with Crippen LogP contribution >= 0.6 is 27.5 Å². The molecule has 1 heterocycles. The molecule has 6 heteroatoms. The summed E-state index contributed by atoms with van der Waals surface area (Å²) in [6.07, 6.45) is 0.151. The van der Waals surface area contributed by atoms with Gasteiger partial charge in [0.1, 0.15) is 5.75 Å². The number of ether oxygens (including phenoxy) is 1. The SMILES string of the molecule is O=C(Oc1ccc(Br)cc1)[C@H]1CC(=O)N(c2ccc(Cl)cc2)C1. The summed E-state index contributed by atoms with van der Waals surface area (Å²) >= 11 is 9.18. The van der Waals surface area contributed by atoms with Crippen molar-refractivity contribution in [2.24, 2.45) is 5.92 Å². The lowest BCUT2D eigenvalue weighted by Crippen LogP contribution is -2.27. The number of halogens is 2. The third kappa shape index (κ3) is 3.74. The second-order valence-electron chi connectivity index (χ2n) is 5.26. The number of nitrogens with zero attached hydrogens (tertiary/aromatic N) is 1. The first kappa shape index (κ1) is 16.0. The lowest BCUT2D eigenvalue weighted by molar-refractivity contribution is -0.139. The van der Waals surface area contributed by atoms with E-state index in [0.29, 0.717) is 17.3 Å². The topological polar surface area (TPSA) is 46.6 Å². The van der Waals surface area contributed by atoms with Crippen LogP contribution in [0.4, 0.5) is 5.69 Å². The molecule has 2 aromatic carbocycles. The number of hydrogen-bond donors (Lipinski definition) is 0. The zero-order valence-electron chi connectivity index (χ0n) is 12.0. The highest BCUT2D eigenvalue weighted by atomic mass is 79.9. The van der Waals surface area contributed by atoms with Gasteiger partial charge in [-0.25, -0.2) is 0 Å². The normalized spacial score (nSPS) is 17.4. The van der Waals surface area contributed by atoms with Gasteiger partial charge < -0.3 is 9.64 Å². The van der Waals surface area contributed by atoms with E-state index in [1.54, 1.807) is 53.4 Å². The fraction of sp³-hybridized carbons (Fsp3) is 0.176. The molecule has 1 amide bonds. The van der Waals surface area contributed by atoms with Crippen molar-refractivity contribution < 1.29 is 14.3 Å². The molecule has 1 atom stereocenters. The van der Waals surface area contributed by atoms with Crippen LogP contribution < -0.4 is 9.64 Å². The van der Waals surface area contributed by atoms with Gasteiger partial charge in [0.05, 0.1) is 5.92 Å². The molecule has 1 saturated heterocycles.